The molecule has 0 aliphatic heterocycles. The van der Waals surface area contributed by atoms with Gasteiger partial charge in [-0.1, -0.05) is 48.5 Å². The zero-order valence-electron chi connectivity index (χ0n) is 13.5. The molecule has 3 N–H and O–H groups in total. The molecule has 0 spiro atoms. The van der Waals surface area contributed by atoms with Gasteiger partial charge in [0.1, 0.15) is 6.61 Å². The van der Waals surface area contributed by atoms with E-state index in [1.807, 2.05) is 48.5 Å². The Kier molecular flexibility index (Phi) is 4.79. The average molecular weight is 338 g/mol. The smallest absolute Gasteiger partial charge is 0.413 e. The quantitative estimate of drug-likeness (QED) is 0.874. The van der Waals surface area contributed by atoms with Crippen molar-refractivity contribution in [2.24, 2.45) is 5.73 Å². The van der Waals surface area contributed by atoms with E-state index in [9.17, 15) is 14.4 Å². The van der Waals surface area contributed by atoms with E-state index in [0.29, 0.717) is 0 Å². The van der Waals surface area contributed by atoms with Gasteiger partial charge in [-0.2, -0.15) is 0 Å². The summed E-state index contributed by atoms with van der Waals surface area (Å²) in [5.74, 6) is -1.25. The number of nitrogens with one attached hydrogen (secondary N) is 1. The summed E-state index contributed by atoms with van der Waals surface area (Å²) >= 11 is 0. The Morgan fingerprint density at radius 3 is 2.04 bits per heavy atom. The minimum absolute atomic E-state index is 0.0705. The van der Waals surface area contributed by atoms with Crippen molar-refractivity contribution in [3.05, 3.63) is 59.7 Å². The molecule has 0 atom stereocenters. The average Bonchev–Trinajstić information content (AvgIpc) is 2.92. The number of ether oxygens (including phenoxy) is 1. The van der Waals surface area contributed by atoms with Crippen LogP contribution in [0.1, 0.15) is 29.9 Å². The van der Waals surface area contributed by atoms with Crippen LogP contribution in [0.3, 0.4) is 0 Å². The zero-order chi connectivity index (χ0) is 17.8. The maximum absolute atomic E-state index is 11.8. The molecule has 0 bridgehead atoms. The lowest BCUT2D eigenvalue weighted by Gasteiger charge is -2.14. The monoisotopic (exact) mass is 338 g/mol. The van der Waals surface area contributed by atoms with E-state index in [-0.39, 0.29) is 25.4 Å². The Hall–Kier alpha value is -3.15. The summed E-state index contributed by atoms with van der Waals surface area (Å²) in [5.41, 5.74) is 9.41. The summed E-state index contributed by atoms with van der Waals surface area (Å²) in [6.07, 6.45) is -1.07. The Morgan fingerprint density at radius 2 is 1.48 bits per heavy atom. The topological polar surface area (TPSA) is 98.5 Å². The second kappa shape index (κ2) is 7.17. The van der Waals surface area contributed by atoms with Crippen LogP contribution in [0.15, 0.2) is 48.5 Å². The molecule has 1 aliphatic carbocycles. The number of fused-ring (bicyclic) bond motifs is 3. The highest BCUT2D eigenvalue weighted by Crippen LogP contribution is 2.44. The van der Waals surface area contributed by atoms with E-state index >= 15 is 0 Å². The molecule has 0 unspecified atom stereocenters. The van der Waals surface area contributed by atoms with Crippen LogP contribution < -0.4 is 11.1 Å². The first-order valence-corrected chi connectivity index (χ1v) is 7.99. The fourth-order valence-electron chi connectivity index (χ4n) is 3.05. The SMILES string of the molecule is NC(=O)CCC(=O)NC(=O)OCC1c2ccccc2-c2ccccc21. The van der Waals surface area contributed by atoms with Gasteiger partial charge >= 0.3 is 6.09 Å². The number of hydrogen-bond acceptors (Lipinski definition) is 4. The molecule has 6 heteroatoms. The van der Waals surface area contributed by atoms with Crippen molar-refractivity contribution >= 4 is 17.9 Å². The second-order valence-corrected chi connectivity index (χ2v) is 5.84. The number of nitrogens with two attached hydrogens (primary N) is 1. The van der Waals surface area contributed by atoms with Gasteiger partial charge in [-0.25, -0.2) is 4.79 Å². The lowest BCUT2D eigenvalue weighted by Crippen LogP contribution is -2.32. The first-order valence-electron chi connectivity index (χ1n) is 7.99. The van der Waals surface area contributed by atoms with Crippen LogP contribution in [0, 0.1) is 0 Å². The number of rotatable bonds is 5. The summed E-state index contributed by atoms with van der Waals surface area (Å²) < 4.78 is 5.23. The van der Waals surface area contributed by atoms with Gasteiger partial charge in [0.15, 0.2) is 0 Å². The molecule has 1 aliphatic rings. The predicted octanol–water partition coefficient (Wildman–Crippen LogP) is 2.32. The molecule has 0 fully saturated rings. The molecule has 0 heterocycles. The summed E-state index contributed by atoms with van der Waals surface area (Å²) in [5, 5.41) is 2.10. The van der Waals surface area contributed by atoms with Crippen molar-refractivity contribution in [1.29, 1.82) is 0 Å². The van der Waals surface area contributed by atoms with E-state index in [0.717, 1.165) is 22.3 Å². The maximum Gasteiger partial charge on any atom is 0.413 e. The number of carbonyl (C=O) groups is 3. The molecule has 128 valence electrons. The molecular formula is C19H18N2O4. The van der Waals surface area contributed by atoms with Crippen LogP contribution in [-0.4, -0.2) is 24.5 Å². The van der Waals surface area contributed by atoms with Crippen molar-refractivity contribution in [3.63, 3.8) is 0 Å². The molecule has 6 nitrogen and oxygen atoms in total. The first kappa shape index (κ1) is 16.7. The lowest BCUT2D eigenvalue weighted by atomic mass is 9.98. The molecule has 2 aromatic carbocycles. The summed E-state index contributed by atoms with van der Waals surface area (Å²) in [6, 6.07) is 16.0. The molecule has 0 aromatic heterocycles. The number of carbonyl (C=O) groups excluding carboxylic acids is 3. The van der Waals surface area contributed by atoms with Gasteiger partial charge in [-0.15, -0.1) is 0 Å². The number of hydrogen-bond donors (Lipinski definition) is 2. The van der Waals surface area contributed by atoms with Gasteiger partial charge < -0.3 is 10.5 Å². The highest BCUT2D eigenvalue weighted by molar-refractivity contribution is 5.93. The third-order valence-electron chi connectivity index (χ3n) is 4.18. The normalized spacial score (nSPS) is 12.2. The lowest BCUT2D eigenvalue weighted by molar-refractivity contribution is -0.124. The van der Waals surface area contributed by atoms with Crippen LogP contribution in [0.2, 0.25) is 0 Å². The number of alkyl carbamates (subject to hydrolysis) is 1. The standard InChI is InChI=1S/C19H18N2O4/c20-17(22)9-10-18(23)21-19(24)25-11-16-14-7-3-1-5-12(14)13-6-2-4-8-15(13)16/h1-8,16H,9-11H2,(H2,20,22)(H,21,23,24). The van der Waals surface area contributed by atoms with Crippen LogP contribution in [-0.2, 0) is 14.3 Å². The Labute approximate surface area is 145 Å². The summed E-state index contributed by atoms with van der Waals surface area (Å²) in [7, 11) is 0. The molecular weight excluding hydrogens is 320 g/mol. The minimum Gasteiger partial charge on any atom is -0.448 e. The van der Waals surface area contributed by atoms with E-state index in [1.54, 1.807) is 0 Å². The molecule has 2 aromatic rings. The first-order chi connectivity index (χ1) is 12.1. The van der Waals surface area contributed by atoms with Crippen molar-refractivity contribution in [1.82, 2.24) is 5.32 Å². The maximum atomic E-state index is 11.8. The van der Waals surface area contributed by atoms with Crippen molar-refractivity contribution in [2.45, 2.75) is 18.8 Å². The van der Waals surface area contributed by atoms with Crippen LogP contribution in [0.25, 0.3) is 11.1 Å². The highest BCUT2D eigenvalue weighted by Gasteiger charge is 2.29. The second-order valence-electron chi connectivity index (χ2n) is 5.84. The Morgan fingerprint density at radius 1 is 0.920 bits per heavy atom. The summed E-state index contributed by atoms with van der Waals surface area (Å²) in [6.45, 7) is 0.128. The largest absolute Gasteiger partial charge is 0.448 e. The van der Waals surface area contributed by atoms with Gasteiger partial charge in [0, 0.05) is 18.8 Å². The number of primary amides is 1. The third-order valence-corrected chi connectivity index (χ3v) is 4.18. The van der Waals surface area contributed by atoms with Crippen molar-refractivity contribution in [3.8, 4) is 11.1 Å². The molecule has 25 heavy (non-hydrogen) atoms. The van der Waals surface area contributed by atoms with Gasteiger partial charge in [-0.3, -0.25) is 14.9 Å². The van der Waals surface area contributed by atoms with Gasteiger partial charge in [0.05, 0.1) is 0 Å². The summed E-state index contributed by atoms with van der Waals surface area (Å²) in [4.78, 5) is 34.0. The van der Waals surface area contributed by atoms with E-state index in [4.69, 9.17) is 10.5 Å². The molecule has 0 saturated carbocycles. The molecule has 0 radical (unpaired) electrons. The van der Waals surface area contributed by atoms with Crippen LogP contribution in [0.5, 0.6) is 0 Å². The van der Waals surface area contributed by atoms with E-state index in [1.165, 1.54) is 0 Å². The van der Waals surface area contributed by atoms with Crippen LogP contribution in [0.4, 0.5) is 4.79 Å². The number of amides is 3. The number of imide groups is 1. The van der Waals surface area contributed by atoms with E-state index in [2.05, 4.69) is 5.32 Å². The zero-order valence-corrected chi connectivity index (χ0v) is 13.5. The fraction of sp³-hybridized carbons (Fsp3) is 0.211. The number of benzene rings is 2. The third kappa shape index (κ3) is 3.68. The van der Waals surface area contributed by atoms with Gasteiger partial charge in [-0.05, 0) is 22.3 Å². The Balaban J connectivity index is 1.64. The molecule has 3 rings (SSSR count). The highest BCUT2D eigenvalue weighted by atomic mass is 16.5. The minimum atomic E-state index is -0.823. The van der Waals surface area contributed by atoms with E-state index < -0.39 is 17.9 Å². The van der Waals surface area contributed by atoms with Gasteiger partial charge in [0.25, 0.3) is 0 Å². The fourth-order valence-corrected chi connectivity index (χ4v) is 3.05. The molecule has 3 amide bonds. The van der Waals surface area contributed by atoms with Crippen molar-refractivity contribution < 1.29 is 19.1 Å². The predicted molar refractivity (Wildman–Crippen MR) is 91.6 cm³/mol. The van der Waals surface area contributed by atoms with Crippen LogP contribution >= 0.6 is 0 Å². The Bertz CT molecular complexity index is 786. The van der Waals surface area contributed by atoms with Crippen molar-refractivity contribution in [2.75, 3.05) is 6.61 Å². The van der Waals surface area contributed by atoms with Gasteiger partial charge in [0.2, 0.25) is 11.8 Å². The molecule has 0 saturated heterocycles.